The SMILES string of the molecule is CCC(CC)C(Cl)CNCC(F)(F)F. The van der Waals surface area contributed by atoms with Crippen molar-refractivity contribution in [1.82, 2.24) is 5.32 Å². The summed E-state index contributed by atoms with van der Waals surface area (Å²) in [5.41, 5.74) is 0. The van der Waals surface area contributed by atoms with Crippen LogP contribution in [0.5, 0.6) is 0 Å². The molecule has 86 valence electrons. The minimum absolute atomic E-state index is 0.215. The Kier molecular flexibility index (Phi) is 6.53. The van der Waals surface area contributed by atoms with Gasteiger partial charge in [0.1, 0.15) is 0 Å². The lowest BCUT2D eigenvalue weighted by Crippen LogP contribution is -2.35. The third-order valence-corrected chi connectivity index (χ3v) is 2.74. The molecule has 0 rings (SSSR count). The van der Waals surface area contributed by atoms with Gasteiger partial charge in [-0.3, -0.25) is 0 Å². The molecule has 0 saturated heterocycles. The van der Waals surface area contributed by atoms with Crippen LogP contribution in [0.15, 0.2) is 0 Å². The van der Waals surface area contributed by atoms with E-state index in [-0.39, 0.29) is 17.8 Å². The zero-order valence-corrected chi connectivity index (χ0v) is 9.25. The quantitative estimate of drug-likeness (QED) is 0.693. The molecule has 0 aromatic carbocycles. The topological polar surface area (TPSA) is 12.0 Å². The molecular weight excluding hydrogens is 215 g/mol. The maximum Gasteiger partial charge on any atom is 0.401 e. The van der Waals surface area contributed by atoms with Crippen molar-refractivity contribution in [3.63, 3.8) is 0 Å². The molecule has 0 aliphatic carbocycles. The molecule has 1 N–H and O–H groups in total. The Labute approximate surface area is 88.0 Å². The zero-order valence-electron chi connectivity index (χ0n) is 8.49. The lowest BCUT2D eigenvalue weighted by Gasteiger charge is -2.19. The summed E-state index contributed by atoms with van der Waals surface area (Å²) < 4.78 is 35.3. The molecule has 5 heteroatoms. The third kappa shape index (κ3) is 6.49. The van der Waals surface area contributed by atoms with Gasteiger partial charge in [0.15, 0.2) is 0 Å². The summed E-state index contributed by atoms with van der Waals surface area (Å²) >= 11 is 5.95. The van der Waals surface area contributed by atoms with E-state index >= 15 is 0 Å². The fraction of sp³-hybridized carbons (Fsp3) is 1.00. The van der Waals surface area contributed by atoms with Crippen LogP contribution < -0.4 is 5.32 Å². The van der Waals surface area contributed by atoms with Gasteiger partial charge in [-0.1, -0.05) is 26.7 Å². The van der Waals surface area contributed by atoms with Crippen LogP contribution in [-0.4, -0.2) is 24.6 Å². The maximum atomic E-state index is 11.8. The lowest BCUT2D eigenvalue weighted by atomic mass is 9.99. The van der Waals surface area contributed by atoms with Crippen molar-refractivity contribution in [2.45, 2.75) is 38.2 Å². The van der Waals surface area contributed by atoms with Gasteiger partial charge in [-0.05, 0) is 5.92 Å². The van der Waals surface area contributed by atoms with Crippen LogP contribution in [0.2, 0.25) is 0 Å². The van der Waals surface area contributed by atoms with Crippen LogP contribution in [-0.2, 0) is 0 Å². The standard InChI is InChI=1S/C9H17ClF3N/c1-3-7(4-2)8(10)5-14-6-9(11,12)13/h7-8,14H,3-6H2,1-2H3. The molecule has 1 atom stereocenters. The first-order valence-electron chi connectivity index (χ1n) is 4.82. The van der Waals surface area contributed by atoms with Gasteiger partial charge in [-0.25, -0.2) is 0 Å². The number of hydrogen-bond acceptors (Lipinski definition) is 1. The zero-order chi connectivity index (χ0) is 11.2. The highest BCUT2D eigenvalue weighted by Crippen LogP contribution is 2.18. The van der Waals surface area contributed by atoms with Crippen molar-refractivity contribution in [2.75, 3.05) is 13.1 Å². The molecule has 14 heavy (non-hydrogen) atoms. The first-order chi connectivity index (χ1) is 6.40. The molecule has 1 nitrogen and oxygen atoms in total. The molecule has 0 bridgehead atoms. The summed E-state index contributed by atoms with van der Waals surface area (Å²) in [5, 5.41) is 2.10. The predicted octanol–water partition coefficient (Wildman–Crippen LogP) is 3.18. The van der Waals surface area contributed by atoms with Crippen LogP contribution in [0.4, 0.5) is 13.2 Å². The predicted molar refractivity (Wildman–Crippen MR) is 52.6 cm³/mol. The Balaban J connectivity index is 3.67. The Morgan fingerprint density at radius 2 is 1.71 bits per heavy atom. The van der Waals surface area contributed by atoms with E-state index in [0.29, 0.717) is 0 Å². The van der Waals surface area contributed by atoms with E-state index < -0.39 is 12.7 Å². The molecular formula is C9H17ClF3N. The van der Waals surface area contributed by atoms with Crippen molar-refractivity contribution in [1.29, 1.82) is 0 Å². The van der Waals surface area contributed by atoms with Gasteiger partial charge in [-0.2, -0.15) is 13.2 Å². The summed E-state index contributed by atoms with van der Waals surface area (Å²) in [6.45, 7) is 3.24. The summed E-state index contributed by atoms with van der Waals surface area (Å²) in [7, 11) is 0. The Bertz CT molecular complexity index is 145. The number of alkyl halides is 4. The highest BCUT2D eigenvalue weighted by molar-refractivity contribution is 6.21. The van der Waals surface area contributed by atoms with Crippen LogP contribution in [0.3, 0.4) is 0 Å². The average Bonchev–Trinajstić information content (AvgIpc) is 2.04. The maximum absolute atomic E-state index is 11.8. The van der Waals surface area contributed by atoms with Gasteiger partial charge in [0, 0.05) is 11.9 Å². The van der Waals surface area contributed by atoms with Gasteiger partial charge in [-0.15, -0.1) is 11.6 Å². The fourth-order valence-corrected chi connectivity index (χ4v) is 1.78. The van der Waals surface area contributed by atoms with E-state index in [9.17, 15) is 13.2 Å². The van der Waals surface area contributed by atoms with E-state index in [1.807, 2.05) is 13.8 Å². The first kappa shape index (κ1) is 14.0. The van der Waals surface area contributed by atoms with E-state index in [1.54, 1.807) is 0 Å². The normalized spacial score (nSPS) is 14.8. The monoisotopic (exact) mass is 231 g/mol. The van der Waals surface area contributed by atoms with Crippen molar-refractivity contribution in [3.05, 3.63) is 0 Å². The highest BCUT2D eigenvalue weighted by atomic mass is 35.5. The highest BCUT2D eigenvalue weighted by Gasteiger charge is 2.27. The molecule has 0 spiro atoms. The number of rotatable bonds is 6. The van der Waals surface area contributed by atoms with Crippen molar-refractivity contribution in [3.8, 4) is 0 Å². The molecule has 0 aromatic heterocycles. The first-order valence-corrected chi connectivity index (χ1v) is 5.25. The summed E-state index contributed by atoms with van der Waals surface area (Å²) in [5.74, 6) is 0.289. The third-order valence-electron chi connectivity index (χ3n) is 2.23. The average molecular weight is 232 g/mol. The summed E-state index contributed by atoms with van der Waals surface area (Å²) in [6.07, 6.45) is -2.35. The van der Waals surface area contributed by atoms with E-state index in [1.165, 1.54) is 0 Å². The second-order valence-corrected chi connectivity index (χ2v) is 3.90. The van der Waals surface area contributed by atoms with Gasteiger partial charge < -0.3 is 5.32 Å². The van der Waals surface area contributed by atoms with Gasteiger partial charge in [0.25, 0.3) is 0 Å². The van der Waals surface area contributed by atoms with Crippen molar-refractivity contribution >= 4 is 11.6 Å². The molecule has 0 heterocycles. The molecule has 0 aromatic rings. The molecule has 0 saturated carbocycles. The smallest absolute Gasteiger partial charge is 0.307 e. The minimum Gasteiger partial charge on any atom is -0.307 e. The number of hydrogen-bond donors (Lipinski definition) is 1. The Morgan fingerprint density at radius 1 is 1.21 bits per heavy atom. The van der Waals surface area contributed by atoms with Gasteiger partial charge >= 0.3 is 6.18 Å². The second kappa shape index (κ2) is 6.51. The van der Waals surface area contributed by atoms with Crippen molar-refractivity contribution in [2.24, 2.45) is 5.92 Å². The van der Waals surface area contributed by atoms with Gasteiger partial charge in [0.2, 0.25) is 0 Å². The fourth-order valence-electron chi connectivity index (χ4n) is 1.32. The molecule has 0 radical (unpaired) electrons. The largest absolute Gasteiger partial charge is 0.401 e. The molecule has 0 amide bonds. The van der Waals surface area contributed by atoms with E-state index in [4.69, 9.17) is 11.6 Å². The number of halogens is 4. The van der Waals surface area contributed by atoms with Crippen LogP contribution in [0.25, 0.3) is 0 Å². The Morgan fingerprint density at radius 3 is 2.07 bits per heavy atom. The van der Waals surface area contributed by atoms with Gasteiger partial charge in [0.05, 0.1) is 6.54 Å². The Hall–Kier alpha value is 0.0400. The van der Waals surface area contributed by atoms with Crippen LogP contribution >= 0.6 is 11.6 Å². The van der Waals surface area contributed by atoms with Crippen LogP contribution in [0, 0.1) is 5.92 Å². The van der Waals surface area contributed by atoms with Crippen LogP contribution in [0.1, 0.15) is 26.7 Å². The number of nitrogens with one attached hydrogen (secondary N) is 1. The molecule has 0 aliphatic heterocycles. The summed E-state index contributed by atoms with van der Waals surface area (Å²) in [4.78, 5) is 0. The van der Waals surface area contributed by atoms with E-state index in [0.717, 1.165) is 12.8 Å². The molecule has 0 aliphatic rings. The minimum atomic E-state index is -4.15. The summed E-state index contributed by atoms with van der Waals surface area (Å²) in [6, 6.07) is 0. The second-order valence-electron chi connectivity index (χ2n) is 3.34. The lowest BCUT2D eigenvalue weighted by molar-refractivity contribution is -0.124. The van der Waals surface area contributed by atoms with Crippen molar-refractivity contribution < 1.29 is 13.2 Å². The molecule has 0 fully saturated rings. The molecule has 1 unspecified atom stereocenters. The van der Waals surface area contributed by atoms with E-state index in [2.05, 4.69) is 5.32 Å².